The Balaban J connectivity index is 2.46. The molecule has 1 heterocycles. The Morgan fingerprint density at radius 3 is 2.82 bits per heavy atom. The fraction of sp³-hybridized carbons (Fsp3) is 0.500. The highest BCUT2D eigenvalue weighted by molar-refractivity contribution is 5.81. The molecule has 1 aromatic carbocycles. The third-order valence-corrected chi connectivity index (χ3v) is 3.76. The van der Waals surface area contributed by atoms with Gasteiger partial charge in [0.1, 0.15) is 5.75 Å². The van der Waals surface area contributed by atoms with Gasteiger partial charge in [0.2, 0.25) is 5.91 Å². The van der Waals surface area contributed by atoms with E-state index in [4.69, 9.17) is 4.74 Å². The summed E-state index contributed by atoms with van der Waals surface area (Å²) >= 11 is 0. The average Bonchev–Trinajstić information content (AvgIpc) is 2.65. The summed E-state index contributed by atoms with van der Waals surface area (Å²) in [6, 6.07) is 8.15. The number of carbonyl (C=O) groups is 1. The number of rotatable bonds is 3. The van der Waals surface area contributed by atoms with Crippen LogP contribution in [0, 0.1) is 0 Å². The molecule has 0 aromatic heterocycles. The highest BCUT2D eigenvalue weighted by Crippen LogP contribution is 2.41. The van der Waals surface area contributed by atoms with E-state index in [2.05, 4.69) is 25.2 Å². The van der Waals surface area contributed by atoms with Gasteiger partial charge < -0.3 is 10.1 Å². The molecule has 1 N–H and O–H groups in total. The Hall–Kier alpha value is -1.51. The minimum atomic E-state index is -0.168. The molecule has 1 aliphatic heterocycles. The molecule has 0 spiro atoms. The molecule has 1 aromatic rings. The van der Waals surface area contributed by atoms with Crippen LogP contribution in [0.5, 0.6) is 5.75 Å². The van der Waals surface area contributed by atoms with Crippen molar-refractivity contribution in [2.45, 2.75) is 38.1 Å². The quantitative estimate of drug-likeness (QED) is 0.869. The molecule has 0 radical (unpaired) electrons. The first-order valence-corrected chi connectivity index (χ1v) is 6.04. The first-order valence-electron chi connectivity index (χ1n) is 6.04. The minimum absolute atomic E-state index is 0.130. The maximum atomic E-state index is 11.6. The van der Waals surface area contributed by atoms with Gasteiger partial charge in [0.15, 0.2) is 0 Å². The van der Waals surface area contributed by atoms with Crippen LogP contribution in [-0.2, 0) is 10.2 Å². The highest BCUT2D eigenvalue weighted by Gasteiger charge is 2.44. The van der Waals surface area contributed by atoms with Gasteiger partial charge in [0.25, 0.3) is 0 Å². The summed E-state index contributed by atoms with van der Waals surface area (Å²) in [5.74, 6) is 0.996. The van der Waals surface area contributed by atoms with E-state index < -0.39 is 0 Å². The van der Waals surface area contributed by atoms with Gasteiger partial charge in [-0.3, -0.25) is 4.79 Å². The lowest BCUT2D eigenvalue weighted by Gasteiger charge is -2.31. The summed E-state index contributed by atoms with van der Waals surface area (Å²) in [7, 11) is 1.67. The standard InChI is InChI=1S/C14H19NO2/c1-4-12-14(2,9-13(16)15-12)10-7-5-6-8-11(10)17-3/h5-8,12H,4,9H2,1-3H3,(H,15,16). The Morgan fingerprint density at radius 2 is 2.18 bits per heavy atom. The number of hydrogen-bond acceptors (Lipinski definition) is 2. The van der Waals surface area contributed by atoms with Gasteiger partial charge in [0, 0.05) is 23.4 Å². The van der Waals surface area contributed by atoms with Crippen molar-refractivity contribution in [1.82, 2.24) is 5.32 Å². The fourth-order valence-corrected chi connectivity index (χ4v) is 2.81. The van der Waals surface area contributed by atoms with Crippen LogP contribution in [-0.4, -0.2) is 19.1 Å². The van der Waals surface area contributed by atoms with E-state index in [1.165, 1.54) is 0 Å². The van der Waals surface area contributed by atoms with Crippen LogP contribution in [0.3, 0.4) is 0 Å². The molecule has 2 unspecified atom stereocenters. The maximum absolute atomic E-state index is 11.6. The van der Waals surface area contributed by atoms with Crippen molar-refractivity contribution in [2.24, 2.45) is 0 Å². The van der Waals surface area contributed by atoms with Crippen LogP contribution in [0.15, 0.2) is 24.3 Å². The predicted octanol–water partition coefficient (Wildman–Crippen LogP) is 2.25. The fourth-order valence-electron chi connectivity index (χ4n) is 2.81. The molecule has 1 aliphatic rings. The zero-order valence-electron chi connectivity index (χ0n) is 10.6. The Bertz CT molecular complexity index is 430. The second-order valence-electron chi connectivity index (χ2n) is 4.82. The number of nitrogens with one attached hydrogen (secondary N) is 1. The van der Waals surface area contributed by atoms with E-state index in [-0.39, 0.29) is 17.4 Å². The van der Waals surface area contributed by atoms with Crippen LogP contribution < -0.4 is 10.1 Å². The van der Waals surface area contributed by atoms with E-state index in [0.717, 1.165) is 17.7 Å². The van der Waals surface area contributed by atoms with Crippen LogP contribution in [0.25, 0.3) is 0 Å². The topological polar surface area (TPSA) is 38.3 Å². The maximum Gasteiger partial charge on any atom is 0.221 e. The average molecular weight is 233 g/mol. The van der Waals surface area contributed by atoms with E-state index in [1.54, 1.807) is 7.11 Å². The lowest BCUT2D eigenvalue weighted by molar-refractivity contribution is -0.119. The number of para-hydroxylation sites is 1. The molecule has 0 bridgehead atoms. The molecule has 1 amide bonds. The number of ether oxygens (including phenoxy) is 1. The summed E-state index contributed by atoms with van der Waals surface area (Å²) < 4.78 is 5.41. The second kappa shape index (κ2) is 4.40. The zero-order chi connectivity index (χ0) is 12.5. The molecule has 2 rings (SSSR count). The third-order valence-electron chi connectivity index (χ3n) is 3.76. The van der Waals surface area contributed by atoms with Crippen LogP contribution in [0.4, 0.5) is 0 Å². The number of benzene rings is 1. The monoisotopic (exact) mass is 233 g/mol. The Morgan fingerprint density at radius 1 is 1.47 bits per heavy atom. The SMILES string of the molecule is CCC1NC(=O)CC1(C)c1ccccc1OC. The smallest absolute Gasteiger partial charge is 0.221 e. The number of amides is 1. The van der Waals surface area contributed by atoms with Crippen molar-refractivity contribution >= 4 is 5.91 Å². The third kappa shape index (κ3) is 1.90. The Labute approximate surface area is 102 Å². The van der Waals surface area contributed by atoms with Crippen molar-refractivity contribution in [1.29, 1.82) is 0 Å². The lowest BCUT2D eigenvalue weighted by atomic mass is 9.74. The summed E-state index contributed by atoms with van der Waals surface area (Å²) in [6.07, 6.45) is 1.46. The van der Waals surface area contributed by atoms with Gasteiger partial charge in [-0.1, -0.05) is 32.0 Å². The first kappa shape index (κ1) is 12.0. The minimum Gasteiger partial charge on any atom is -0.496 e. The molecule has 1 saturated heterocycles. The summed E-state index contributed by atoms with van der Waals surface area (Å²) in [5, 5.41) is 3.05. The van der Waals surface area contributed by atoms with Crippen LogP contribution in [0.2, 0.25) is 0 Å². The molecule has 0 aliphatic carbocycles. The van der Waals surface area contributed by atoms with Gasteiger partial charge in [-0.15, -0.1) is 0 Å². The predicted molar refractivity (Wildman–Crippen MR) is 67.2 cm³/mol. The van der Waals surface area contributed by atoms with E-state index in [9.17, 15) is 4.79 Å². The van der Waals surface area contributed by atoms with E-state index >= 15 is 0 Å². The second-order valence-corrected chi connectivity index (χ2v) is 4.82. The van der Waals surface area contributed by atoms with Crippen LogP contribution in [0.1, 0.15) is 32.3 Å². The van der Waals surface area contributed by atoms with Gasteiger partial charge in [-0.2, -0.15) is 0 Å². The van der Waals surface area contributed by atoms with Crippen molar-refractivity contribution in [2.75, 3.05) is 7.11 Å². The molecule has 3 nitrogen and oxygen atoms in total. The molecule has 1 fully saturated rings. The van der Waals surface area contributed by atoms with Crippen molar-refractivity contribution in [3.8, 4) is 5.75 Å². The van der Waals surface area contributed by atoms with E-state index in [1.807, 2.05) is 18.2 Å². The van der Waals surface area contributed by atoms with Gasteiger partial charge in [0.05, 0.1) is 7.11 Å². The van der Waals surface area contributed by atoms with Crippen LogP contribution >= 0.6 is 0 Å². The van der Waals surface area contributed by atoms with Crippen molar-refractivity contribution in [3.05, 3.63) is 29.8 Å². The van der Waals surface area contributed by atoms with Crippen molar-refractivity contribution in [3.63, 3.8) is 0 Å². The molecule has 2 atom stereocenters. The molecular formula is C14H19NO2. The number of methoxy groups -OCH3 is 1. The molecule has 92 valence electrons. The zero-order valence-corrected chi connectivity index (χ0v) is 10.6. The highest BCUT2D eigenvalue weighted by atomic mass is 16.5. The summed E-state index contributed by atoms with van der Waals surface area (Å²) in [6.45, 7) is 4.24. The molecule has 0 saturated carbocycles. The largest absolute Gasteiger partial charge is 0.496 e. The number of carbonyl (C=O) groups excluding carboxylic acids is 1. The first-order chi connectivity index (χ1) is 8.11. The van der Waals surface area contributed by atoms with E-state index in [0.29, 0.717) is 6.42 Å². The summed E-state index contributed by atoms with van der Waals surface area (Å²) in [4.78, 5) is 11.6. The van der Waals surface area contributed by atoms with Crippen molar-refractivity contribution < 1.29 is 9.53 Å². The molecule has 17 heavy (non-hydrogen) atoms. The summed E-state index contributed by atoms with van der Waals surface area (Å²) in [5.41, 5.74) is 0.950. The molecular weight excluding hydrogens is 214 g/mol. The van der Waals surface area contributed by atoms with Gasteiger partial charge >= 0.3 is 0 Å². The van der Waals surface area contributed by atoms with Gasteiger partial charge in [-0.05, 0) is 12.5 Å². The Kier molecular flexibility index (Phi) is 3.09. The number of hydrogen-bond donors (Lipinski definition) is 1. The molecule has 3 heteroatoms. The van der Waals surface area contributed by atoms with Gasteiger partial charge in [-0.25, -0.2) is 0 Å². The normalized spacial score (nSPS) is 27.9. The lowest BCUT2D eigenvalue weighted by Crippen LogP contribution is -2.38.